The number of carbonyl (C=O) groups excluding carboxylic acids is 1. The molecular formula is C13H16BrNOS. The number of carbonyl (C=O) groups is 1. The minimum Gasteiger partial charge on any atom is -0.352 e. The van der Waals surface area contributed by atoms with E-state index in [2.05, 4.69) is 21.2 Å². The molecule has 1 unspecified atom stereocenters. The lowest BCUT2D eigenvalue weighted by atomic mass is 10.1. The van der Waals surface area contributed by atoms with Crippen LogP contribution >= 0.6 is 27.7 Å². The van der Waals surface area contributed by atoms with Crippen LogP contribution in [0.4, 0.5) is 0 Å². The van der Waals surface area contributed by atoms with Gasteiger partial charge in [-0.15, -0.1) is 0 Å². The molecule has 0 aromatic heterocycles. The number of hydrogen-bond donors (Lipinski definition) is 1. The molecule has 1 aromatic rings. The Balaban J connectivity index is 1.97. The normalized spacial score (nSPS) is 19.3. The van der Waals surface area contributed by atoms with Gasteiger partial charge in [0.25, 0.3) is 5.91 Å². The average Bonchev–Trinajstić information content (AvgIpc) is 2.82. The summed E-state index contributed by atoms with van der Waals surface area (Å²) in [6.07, 6.45) is 1.22. The Morgan fingerprint density at radius 2 is 2.41 bits per heavy atom. The van der Waals surface area contributed by atoms with Crippen molar-refractivity contribution in [3.63, 3.8) is 0 Å². The van der Waals surface area contributed by atoms with Crippen molar-refractivity contribution in [3.8, 4) is 0 Å². The van der Waals surface area contributed by atoms with Crippen molar-refractivity contribution in [1.29, 1.82) is 0 Å². The molecule has 1 atom stereocenters. The van der Waals surface area contributed by atoms with Gasteiger partial charge in [0.05, 0.1) is 5.56 Å². The first-order valence-electron chi connectivity index (χ1n) is 5.79. The predicted octanol–water partition coefficient (Wildman–Crippen LogP) is 3.24. The molecule has 1 saturated heterocycles. The van der Waals surface area contributed by atoms with E-state index in [4.69, 9.17) is 0 Å². The van der Waals surface area contributed by atoms with E-state index in [1.165, 1.54) is 17.9 Å². The molecule has 2 nitrogen and oxygen atoms in total. The van der Waals surface area contributed by atoms with Gasteiger partial charge in [0.2, 0.25) is 0 Å². The zero-order chi connectivity index (χ0) is 12.3. The molecule has 1 aliphatic rings. The van der Waals surface area contributed by atoms with Crippen LogP contribution in [0.2, 0.25) is 0 Å². The molecule has 1 aliphatic heterocycles. The summed E-state index contributed by atoms with van der Waals surface area (Å²) < 4.78 is 0.901. The zero-order valence-electron chi connectivity index (χ0n) is 9.83. The van der Waals surface area contributed by atoms with Crippen LogP contribution in [0.3, 0.4) is 0 Å². The maximum absolute atomic E-state index is 12.0. The van der Waals surface area contributed by atoms with Crippen LogP contribution in [0.5, 0.6) is 0 Å². The number of halogens is 1. The number of nitrogens with one attached hydrogen (secondary N) is 1. The molecule has 0 spiro atoms. The third-order valence-electron chi connectivity index (χ3n) is 3.01. The second-order valence-electron chi connectivity index (χ2n) is 4.38. The Kier molecular flexibility index (Phi) is 4.51. The Labute approximate surface area is 115 Å². The van der Waals surface area contributed by atoms with Crippen LogP contribution in [0.15, 0.2) is 22.7 Å². The highest BCUT2D eigenvalue weighted by atomic mass is 79.9. The fraction of sp³-hybridized carbons (Fsp3) is 0.462. The van der Waals surface area contributed by atoms with E-state index in [-0.39, 0.29) is 5.91 Å². The smallest absolute Gasteiger partial charge is 0.252 e. The van der Waals surface area contributed by atoms with Gasteiger partial charge >= 0.3 is 0 Å². The number of amides is 1. The third kappa shape index (κ3) is 3.26. The van der Waals surface area contributed by atoms with E-state index in [9.17, 15) is 4.79 Å². The average molecular weight is 314 g/mol. The summed E-state index contributed by atoms with van der Waals surface area (Å²) in [5, 5.41) is 3.03. The topological polar surface area (TPSA) is 29.1 Å². The fourth-order valence-corrected chi connectivity index (χ4v) is 3.63. The summed E-state index contributed by atoms with van der Waals surface area (Å²) in [5.41, 5.74) is 1.82. The fourth-order valence-electron chi connectivity index (χ4n) is 1.90. The molecule has 0 bridgehead atoms. The van der Waals surface area contributed by atoms with E-state index >= 15 is 0 Å². The first kappa shape index (κ1) is 13.0. The number of thioether (sulfide) groups is 1. The second-order valence-corrected chi connectivity index (χ2v) is 6.32. The Morgan fingerprint density at radius 1 is 1.59 bits per heavy atom. The van der Waals surface area contributed by atoms with Crippen molar-refractivity contribution < 1.29 is 4.79 Å². The maximum Gasteiger partial charge on any atom is 0.252 e. The lowest BCUT2D eigenvalue weighted by molar-refractivity contribution is 0.0947. The van der Waals surface area contributed by atoms with Crippen molar-refractivity contribution >= 4 is 33.6 Å². The molecule has 1 amide bonds. The van der Waals surface area contributed by atoms with Gasteiger partial charge in [0, 0.05) is 11.0 Å². The number of rotatable bonds is 3. The van der Waals surface area contributed by atoms with Crippen molar-refractivity contribution in [2.45, 2.75) is 13.3 Å². The van der Waals surface area contributed by atoms with Crippen LogP contribution in [-0.4, -0.2) is 24.0 Å². The van der Waals surface area contributed by atoms with E-state index < -0.39 is 0 Å². The lowest BCUT2D eigenvalue weighted by Gasteiger charge is -2.11. The quantitative estimate of drug-likeness (QED) is 0.928. The van der Waals surface area contributed by atoms with Crippen LogP contribution in [0.1, 0.15) is 22.3 Å². The minimum absolute atomic E-state index is 0.0254. The minimum atomic E-state index is 0.0254. The SMILES string of the molecule is Cc1cccc(C(=O)NCC2CCSC2)c1Br. The molecule has 2 rings (SSSR count). The Morgan fingerprint density at radius 3 is 3.12 bits per heavy atom. The molecule has 1 fully saturated rings. The van der Waals surface area contributed by atoms with Crippen LogP contribution in [0.25, 0.3) is 0 Å². The van der Waals surface area contributed by atoms with E-state index in [1.54, 1.807) is 0 Å². The number of benzene rings is 1. The first-order chi connectivity index (χ1) is 8.18. The third-order valence-corrected chi connectivity index (χ3v) is 5.30. The molecule has 1 heterocycles. The molecule has 17 heavy (non-hydrogen) atoms. The summed E-state index contributed by atoms with van der Waals surface area (Å²) in [4.78, 5) is 12.0. The Bertz CT molecular complexity index is 416. The molecule has 1 N–H and O–H groups in total. The second kappa shape index (κ2) is 5.91. The number of hydrogen-bond acceptors (Lipinski definition) is 2. The van der Waals surface area contributed by atoms with E-state index in [1.807, 2.05) is 36.9 Å². The molecular weight excluding hydrogens is 298 g/mol. The van der Waals surface area contributed by atoms with Gasteiger partial charge in [-0.3, -0.25) is 4.79 Å². The highest BCUT2D eigenvalue weighted by molar-refractivity contribution is 9.10. The Hall–Kier alpha value is -0.480. The molecule has 0 aliphatic carbocycles. The summed E-state index contributed by atoms with van der Waals surface area (Å²) >= 11 is 5.44. The van der Waals surface area contributed by atoms with E-state index in [0.717, 1.165) is 22.1 Å². The largest absolute Gasteiger partial charge is 0.352 e. The van der Waals surface area contributed by atoms with Crippen LogP contribution in [-0.2, 0) is 0 Å². The summed E-state index contributed by atoms with van der Waals surface area (Å²) in [6.45, 7) is 2.79. The zero-order valence-corrected chi connectivity index (χ0v) is 12.2. The molecule has 1 aromatic carbocycles. The van der Waals surface area contributed by atoms with Gasteiger partial charge in [-0.05, 0) is 58.3 Å². The predicted molar refractivity (Wildman–Crippen MR) is 76.6 cm³/mol. The van der Waals surface area contributed by atoms with Crippen molar-refractivity contribution in [1.82, 2.24) is 5.32 Å². The van der Waals surface area contributed by atoms with Gasteiger partial charge in [-0.25, -0.2) is 0 Å². The van der Waals surface area contributed by atoms with Gasteiger partial charge in [0.15, 0.2) is 0 Å². The standard InChI is InChI=1S/C13H16BrNOS/c1-9-3-2-4-11(12(9)14)13(16)15-7-10-5-6-17-8-10/h2-4,10H,5-8H2,1H3,(H,15,16). The molecule has 92 valence electrons. The molecule has 0 radical (unpaired) electrons. The van der Waals surface area contributed by atoms with Crippen molar-refractivity contribution in [2.24, 2.45) is 5.92 Å². The van der Waals surface area contributed by atoms with Crippen molar-refractivity contribution in [2.75, 3.05) is 18.1 Å². The summed E-state index contributed by atoms with van der Waals surface area (Å²) in [7, 11) is 0. The monoisotopic (exact) mass is 313 g/mol. The summed E-state index contributed by atoms with van der Waals surface area (Å²) in [6, 6.07) is 5.77. The molecule has 0 saturated carbocycles. The summed E-state index contributed by atoms with van der Waals surface area (Å²) in [5.74, 6) is 3.08. The first-order valence-corrected chi connectivity index (χ1v) is 7.74. The van der Waals surface area contributed by atoms with Crippen LogP contribution < -0.4 is 5.32 Å². The molecule has 4 heteroatoms. The highest BCUT2D eigenvalue weighted by Gasteiger charge is 2.17. The van der Waals surface area contributed by atoms with Gasteiger partial charge in [0.1, 0.15) is 0 Å². The van der Waals surface area contributed by atoms with E-state index in [0.29, 0.717) is 5.92 Å². The van der Waals surface area contributed by atoms with Crippen molar-refractivity contribution in [3.05, 3.63) is 33.8 Å². The number of aryl methyl sites for hydroxylation is 1. The van der Waals surface area contributed by atoms with Gasteiger partial charge < -0.3 is 5.32 Å². The maximum atomic E-state index is 12.0. The van der Waals surface area contributed by atoms with Gasteiger partial charge in [-0.2, -0.15) is 11.8 Å². The van der Waals surface area contributed by atoms with Gasteiger partial charge in [-0.1, -0.05) is 12.1 Å². The lowest BCUT2D eigenvalue weighted by Crippen LogP contribution is -2.29. The highest BCUT2D eigenvalue weighted by Crippen LogP contribution is 2.23. The van der Waals surface area contributed by atoms with Crippen LogP contribution in [0, 0.1) is 12.8 Å².